The Hall–Kier alpha value is -4.72. The first-order chi connectivity index (χ1) is 17.1. The number of hydrogen-bond acceptors (Lipinski definition) is 5. The van der Waals surface area contributed by atoms with E-state index >= 15 is 0 Å². The van der Waals surface area contributed by atoms with E-state index in [1.54, 1.807) is 30.3 Å². The third-order valence-corrected chi connectivity index (χ3v) is 5.22. The van der Waals surface area contributed by atoms with Crippen molar-refractivity contribution in [3.05, 3.63) is 89.5 Å². The normalized spacial score (nSPS) is 11.9. The number of rotatable bonds is 7. The Kier molecular flexibility index (Phi) is 8.01. The van der Waals surface area contributed by atoms with Crippen LogP contribution < -0.4 is 16.0 Å². The number of hydrogen-bond donors (Lipinski definition) is 5. The van der Waals surface area contributed by atoms with Gasteiger partial charge in [-0.05, 0) is 59.7 Å². The standard InChI is InChI=1S/C25H21F3N4O4/c26-25(27,28)17-5-7-18(8-6-17)31-24(36)32-22(23(35)30-14-13-29)21(15-1-9-19(33)10-2-15)16-3-11-20(34)12-4-16/h1-12,21-22,33-34H,14H2,(H,30,35)(H2,31,32,36). The van der Waals surface area contributed by atoms with Crippen molar-refractivity contribution in [3.8, 4) is 17.6 Å². The average Bonchev–Trinajstić information content (AvgIpc) is 2.84. The molecule has 0 heterocycles. The lowest BCUT2D eigenvalue weighted by atomic mass is 9.84. The molecule has 0 aliphatic rings. The molecule has 5 N–H and O–H groups in total. The Morgan fingerprint density at radius 2 is 1.36 bits per heavy atom. The number of nitrogens with zero attached hydrogens (tertiary/aromatic N) is 1. The number of nitriles is 1. The lowest BCUT2D eigenvalue weighted by Gasteiger charge is -2.28. The van der Waals surface area contributed by atoms with Crippen LogP contribution in [0.2, 0.25) is 0 Å². The molecule has 36 heavy (non-hydrogen) atoms. The van der Waals surface area contributed by atoms with E-state index in [4.69, 9.17) is 5.26 Å². The maximum atomic E-state index is 13.0. The summed E-state index contributed by atoms with van der Waals surface area (Å²) in [5.74, 6) is -1.59. The zero-order valence-corrected chi connectivity index (χ0v) is 18.6. The number of carbonyl (C=O) groups excluding carboxylic acids is 2. The van der Waals surface area contributed by atoms with E-state index in [1.807, 2.05) is 0 Å². The number of amides is 3. The van der Waals surface area contributed by atoms with Crippen molar-refractivity contribution >= 4 is 17.6 Å². The molecule has 0 aliphatic heterocycles. The second-order valence-corrected chi connectivity index (χ2v) is 7.69. The topological polar surface area (TPSA) is 134 Å². The summed E-state index contributed by atoms with van der Waals surface area (Å²) in [7, 11) is 0. The molecule has 0 radical (unpaired) electrons. The van der Waals surface area contributed by atoms with Crippen LogP contribution in [0, 0.1) is 11.3 Å². The van der Waals surface area contributed by atoms with Crippen molar-refractivity contribution in [2.75, 3.05) is 11.9 Å². The van der Waals surface area contributed by atoms with Crippen molar-refractivity contribution in [2.24, 2.45) is 0 Å². The summed E-state index contributed by atoms with van der Waals surface area (Å²) in [5, 5.41) is 35.6. The van der Waals surface area contributed by atoms with E-state index in [1.165, 1.54) is 24.3 Å². The second kappa shape index (κ2) is 11.1. The molecule has 3 aromatic rings. The lowest BCUT2D eigenvalue weighted by Crippen LogP contribution is -2.51. The lowest BCUT2D eigenvalue weighted by molar-refractivity contribution is -0.137. The molecule has 3 aromatic carbocycles. The molecule has 0 spiro atoms. The van der Waals surface area contributed by atoms with Crippen LogP contribution in [0.25, 0.3) is 0 Å². The van der Waals surface area contributed by atoms with Gasteiger partial charge in [-0.2, -0.15) is 18.4 Å². The van der Waals surface area contributed by atoms with Crippen LogP contribution in [0.4, 0.5) is 23.7 Å². The summed E-state index contributed by atoms with van der Waals surface area (Å²) < 4.78 is 38.4. The molecule has 1 unspecified atom stereocenters. The van der Waals surface area contributed by atoms with Gasteiger partial charge in [0.15, 0.2) is 0 Å². The highest BCUT2D eigenvalue weighted by molar-refractivity contribution is 5.94. The minimum atomic E-state index is -4.54. The smallest absolute Gasteiger partial charge is 0.416 e. The zero-order valence-electron chi connectivity index (χ0n) is 18.6. The van der Waals surface area contributed by atoms with Gasteiger partial charge in [0.2, 0.25) is 5.91 Å². The van der Waals surface area contributed by atoms with Crippen LogP contribution in [0.3, 0.4) is 0 Å². The fourth-order valence-corrected chi connectivity index (χ4v) is 3.53. The minimum Gasteiger partial charge on any atom is -0.508 e. The third-order valence-electron chi connectivity index (χ3n) is 5.22. The quantitative estimate of drug-likeness (QED) is 0.313. The third kappa shape index (κ3) is 6.66. The molecular weight excluding hydrogens is 477 g/mol. The van der Waals surface area contributed by atoms with Crippen LogP contribution in [0.15, 0.2) is 72.8 Å². The van der Waals surface area contributed by atoms with Gasteiger partial charge in [-0.1, -0.05) is 24.3 Å². The molecule has 3 amide bonds. The van der Waals surface area contributed by atoms with Crippen LogP contribution in [-0.4, -0.2) is 34.7 Å². The van der Waals surface area contributed by atoms with E-state index in [0.29, 0.717) is 11.1 Å². The molecular formula is C25H21F3N4O4. The zero-order chi connectivity index (χ0) is 26.3. The van der Waals surface area contributed by atoms with Gasteiger partial charge in [-0.3, -0.25) is 4.79 Å². The van der Waals surface area contributed by atoms with Crippen LogP contribution >= 0.6 is 0 Å². The number of urea groups is 1. The Morgan fingerprint density at radius 3 is 1.81 bits per heavy atom. The number of aromatic hydroxyl groups is 2. The fourth-order valence-electron chi connectivity index (χ4n) is 3.53. The SMILES string of the molecule is N#CCNC(=O)C(NC(=O)Nc1ccc(C(F)(F)F)cc1)C(c1ccc(O)cc1)c1ccc(O)cc1. The van der Waals surface area contributed by atoms with Crippen LogP contribution in [-0.2, 0) is 11.0 Å². The molecule has 0 saturated carbocycles. The number of anilines is 1. The highest BCUT2D eigenvalue weighted by atomic mass is 19.4. The van der Waals surface area contributed by atoms with Gasteiger partial charge in [-0.25, -0.2) is 4.79 Å². The van der Waals surface area contributed by atoms with Crippen LogP contribution in [0.5, 0.6) is 11.5 Å². The minimum absolute atomic E-state index is 0.0262. The molecule has 0 bridgehead atoms. The summed E-state index contributed by atoms with van der Waals surface area (Å²) in [4.78, 5) is 25.8. The first-order valence-electron chi connectivity index (χ1n) is 10.6. The average molecular weight is 498 g/mol. The predicted molar refractivity (Wildman–Crippen MR) is 124 cm³/mol. The summed E-state index contributed by atoms with van der Waals surface area (Å²) >= 11 is 0. The van der Waals surface area contributed by atoms with Crippen molar-refractivity contribution < 1.29 is 33.0 Å². The molecule has 0 aromatic heterocycles. The number of alkyl halides is 3. The number of halogens is 3. The van der Waals surface area contributed by atoms with E-state index in [2.05, 4.69) is 16.0 Å². The van der Waals surface area contributed by atoms with Crippen LogP contribution in [0.1, 0.15) is 22.6 Å². The number of phenols is 2. The van der Waals surface area contributed by atoms with E-state index in [0.717, 1.165) is 24.3 Å². The van der Waals surface area contributed by atoms with E-state index in [9.17, 15) is 33.0 Å². The Bertz CT molecular complexity index is 1190. The Morgan fingerprint density at radius 1 is 0.861 bits per heavy atom. The maximum absolute atomic E-state index is 13.0. The fraction of sp³-hybridized carbons (Fsp3) is 0.160. The number of phenolic OH excluding ortho intramolecular Hbond substituents is 2. The predicted octanol–water partition coefficient (Wildman–Crippen LogP) is 4.08. The molecule has 1 atom stereocenters. The maximum Gasteiger partial charge on any atom is 0.416 e. The van der Waals surface area contributed by atoms with E-state index in [-0.39, 0.29) is 23.7 Å². The molecule has 3 rings (SSSR count). The van der Waals surface area contributed by atoms with Gasteiger partial charge in [0.05, 0.1) is 11.6 Å². The first kappa shape index (κ1) is 25.9. The van der Waals surface area contributed by atoms with E-state index < -0.39 is 35.6 Å². The van der Waals surface area contributed by atoms with Gasteiger partial charge < -0.3 is 26.2 Å². The molecule has 0 saturated heterocycles. The summed E-state index contributed by atoms with van der Waals surface area (Å²) in [5.41, 5.74) is 0.209. The first-order valence-corrected chi connectivity index (χ1v) is 10.6. The summed E-state index contributed by atoms with van der Waals surface area (Å²) in [6.07, 6.45) is -4.54. The van der Waals surface area contributed by atoms with Crippen molar-refractivity contribution in [2.45, 2.75) is 18.1 Å². The second-order valence-electron chi connectivity index (χ2n) is 7.69. The van der Waals surface area contributed by atoms with Gasteiger partial charge in [0.25, 0.3) is 0 Å². The Labute approximate surface area is 204 Å². The van der Waals surface area contributed by atoms with Gasteiger partial charge in [0.1, 0.15) is 24.1 Å². The molecule has 0 aliphatic carbocycles. The summed E-state index contributed by atoms with van der Waals surface area (Å²) in [6.45, 7) is -0.338. The Balaban J connectivity index is 1.94. The van der Waals surface area contributed by atoms with Crippen molar-refractivity contribution in [1.29, 1.82) is 5.26 Å². The van der Waals surface area contributed by atoms with Crippen molar-refractivity contribution in [1.82, 2.24) is 10.6 Å². The highest BCUT2D eigenvalue weighted by Crippen LogP contribution is 2.32. The molecule has 8 nitrogen and oxygen atoms in total. The summed E-state index contributed by atoms with van der Waals surface area (Å²) in [6, 6.07) is 15.2. The van der Waals surface area contributed by atoms with Gasteiger partial charge >= 0.3 is 12.2 Å². The number of nitrogens with one attached hydrogen (secondary N) is 3. The monoisotopic (exact) mass is 498 g/mol. The highest BCUT2D eigenvalue weighted by Gasteiger charge is 2.33. The number of carbonyl (C=O) groups is 2. The van der Waals surface area contributed by atoms with Gasteiger partial charge in [0, 0.05) is 11.6 Å². The number of benzene rings is 3. The largest absolute Gasteiger partial charge is 0.508 e. The van der Waals surface area contributed by atoms with Crippen molar-refractivity contribution in [3.63, 3.8) is 0 Å². The molecule has 11 heteroatoms. The molecule has 186 valence electrons. The van der Waals surface area contributed by atoms with Gasteiger partial charge in [-0.15, -0.1) is 0 Å². The molecule has 0 fully saturated rings.